The first-order valence-corrected chi connectivity index (χ1v) is 10.8. The quantitative estimate of drug-likeness (QED) is 0.556. The second-order valence-electron chi connectivity index (χ2n) is 8.98. The number of carbonyl (C=O) groups excluding carboxylic acids is 2. The zero-order chi connectivity index (χ0) is 24.5. The number of nitrogen functional groups attached to an aromatic ring is 1. The van der Waals surface area contributed by atoms with Crippen LogP contribution in [0, 0.1) is 11.8 Å². The highest BCUT2D eigenvalue weighted by Gasteiger charge is 2.58. The van der Waals surface area contributed by atoms with Crippen molar-refractivity contribution in [3.05, 3.63) is 6.33 Å². The van der Waals surface area contributed by atoms with E-state index in [4.69, 9.17) is 19.9 Å². The molecule has 0 aromatic carbocycles. The number of nitrogens with zero attached hydrogens (tertiary/aromatic N) is 4. The molecular weight excluding hydrogens is 435 g/mol. The minimum absolute atomic E-state index is 0.0240. The number of esters is 2. The van der Waals surface area contributed by atoms with Crippen LogP contribution in [0.2, 0.25) is 0 Å². The van der Waals surface area contributed by atoms with Crippen LogP contribution in [0.15, 0.2) is 6.33 Å². The molecule has 11 nitrogen and oxygen atoms in total. The topological polar surface area (TPSA) is 143 Å². The number of fused-ring (bicyclic) bond motifs is 1. The number of ether oxygens (including phenoxy) is 3. The zero-order valence-corrected chi connectivity index (χ0v) is 19.7. The van der Waals surface area contributed by atoms with E-state index in [9.17, 15) is 9.59 Å². The molecule has 2 aromatic rings. The van der Waals surface area contributed by atoms with Crippen LogP contribution in [0.5, 0.6) is 0 Å². The third-order valence-electron chi connectivity index (χ3n) is 5.30. The highest BCUT2D eigenvalue weighted by molar-refractivity contribution is 5.84. The first kappa shape index (κ1) is 24.6. The number of hydrogen-bond donors (Lipinski definition) is 2. The maximum atomic E-state index is 16.3. The van der Waals surface area contributed by atoms with Crippen molar-refractivity contribution in [3.8, 4) is 0 Å². The molecule has 0 spiro atoms. The van der Waals surface area contributed by atoms with E-state index in [-0.39, 0.29) is 36.5 Å². The van der Waals surface area contributed by atoms with Crippen molar-refractivity contribution in [2.24, 2.45) is 11.8 Å². The largest absolute Gasteiger partial charge is 0.463 e. The van der Waals surface area contributed by atoms with Gasteiger partial charge in [0.2, 0.25) is 5.95 Å². The molecule has 2 aromatic heterocycles. The Morgan fingerprint density at radius 1 is 1.33 bits per heavy atom. The number of imidazole rings is 1. The molecule has 0 bridgehead atoms. The Morgan fingerprint density at radius 3 is 2.64 bits per heavy atom. The predicted molar refractivity (Wildman–Crippen MR) is 118 cm³/mol. The number of rotatable bonds is 8. The lowest BCUT2D eigenvalue weighted by Crippen LogP contribution is -2.44. The normalized spacial score (nSPS) is 25.1. The second kappa shape index (κ2) is 9.46. The summed E-state index contributed by atoms with van der Waals surface area (Å²) in [7, 11) is 1.65. The van der Waals surface area contributed by atoms with Crippen LogP contribution < -0.4 is 11.1 Å². The Hall–Kier alpha value is -3.02. The Labute approximate surface area is 191 Å². The summed E-state index contributed by atoms with van der Waals surface area (Å²) in [5.41, 5.74) is 4.22. The number of anilines is 2. The van der Waals surface area contributed by atoms with Gasteiger partial charge in [0.15, 0.2) is 35.0 Å². The van der Waals surface area contributed by atoms with E-state index in [0.717, 1.165) is 0 Å². The monoisotopic (exact) mass is 466 g/mol. The van der Waals surface area contributed by atoms with E-state index >= 15 is 4.39 Å². The van der Waals surface area contributed by atoms with Gasteiger partial charge in [0, 0.05) is 13.5 Å². The summed E-state index contributed by atoms with van der Waals surface area (Å²) in [5, 5.41) is 2.87. The average Bonchev–Trinajstić information content (AvgIpc) is 3.23. The molecule has 33 heavy (non-hydrogen) atoms. The summed E-state index contributed by atoms with van der Waals surface area (Å²) >= 11 is 0. The lowest BCUT2D eigenvalue weighted by atomic mass is 9.98. The Bertz CT molecular complexity index is 1020. The third kappa shape index (κ3) is 5.00. The SMILES string of the molecule is CNc1nc(N)nc2c1ncn2[C@@H]1O[C@H](COC(=O)C(C)C)[C@@H](OC(=O)CC(C)C)[C@@]1(C)F. The van der Waals surface area contributed by atoms with Gasteiger partial charge < -0.3 is 25.3 Å². The third-order valence-corrected chi connectivity index (χ3v) is 5.30. The molecule has 3 N–H and O–H groups in total. The summed E-state index contributed by atoms with van der Waals surface area (Å²) in [6, 6.07) is 0. The fraction of sp³-hybridized carbons (Fsp3) is 0.667. The van der Waals surface area contributed by atoms with Crippen molar-refractivity contribution < 1.29 is 28.2 Å². The van der Waals surface area contributed by atoms with Gasteiger partial charge >= 0.3 is 11.9 Å². The van der Waals surface area contributed by atoms with Crippen molar-refractivity contribution >= 4 is 34.9 Å². The molecule has 0 unspecified atom stereocenters. The van der Waals surface area contributed by atoms with Crippen molar-refractivity contribution in [2.45, 2.75) is 65.1 Å². The Balaban J connectivity index is 1.97. The highest BCUT2D eigenvalue weighted by atomic mass is 19.1. The van der Waals surface area contributed by atoms with Crippen LogP contribution in [0.25, 0.3) is 11.2 Å². The van der Waals surface area contributed by atoms with Gasteiger partial charge in [-0.15, -0.1) is 0 Å². The maximum absolute atomic E-state index is 16.3. The molecule has 12 heteroatoms. The molecular formula is C21H31FN6O5. The lowest BCUT2D eigenvalue weighted by molar-refractivity contribution is -0.163. The number of hydrogen-bond acceptors (Lipinski definition) is 10. The van der Waals surface area contributed by atoms with Gasteiger partial charge in [0.1, 0.15) is 12.7 Å². The number of alkyl halides is 1. The molecule has 4 atom stereocenters. The van der Waals surface area contributed by atoms with E-state index in [1.807, 2.05) is 13.8 Å². The Kier molecular flexibility index (Phi) is 7.06. The first-order valence-electron chi connectivity index (χ1n) is 10.8. The molecule has 3 heterocycles. The van der Waals surface area contributed by atoms with Crippen molar-refractivity contribution in [3.63, 3.8) is 0 Å². The van der Waals surface area contributed by atoms with Gasteiger partial charge in [-0.2, -0.15) is 9.97 Å². The molecule has 1 aliphatic heterocycles. The van der Waals surface area contributed by atoms with Crippen LogP contribution in [-0.4, -0.2) is 63.0 Å². The molecule has 1 fully saturated rings. The van der Waals surface area contributed by atoms with Gasteiger partial charge in [0.05, 0.1) is 12.2 Å². The van der Waals surface area contributed by atoms with Crippen molar-refractivity contribution in [1.29, 1.82) is 0 Å². The number of halogens is 1. The summed E-state index contributed by atoms with van der Waals surface area (Å²) < 4.78 is 34.4. The second-order valence-corrected chi connectivity index (χ2v) is 8.98. The molecule has 1 saturated heterocycles. The van der Waals surface area contributed by atoms with E-state index < -0.39 is 36.0 Å². The van der Waals surface area contributed by atoms with Crippen molar-refractivity contribution in [1.82, 2.24) is 19.5 Å². The number of nitrogens with two attached hydrogens (primary N) is 1. The van der Waals surface area contributed by atoms with E-state index in [2.05, 4.69) is 20.3 Å². The van der Waals surface area contributed by atoms with Gasteiger partial charge in [-0.25, -0.2) is 9.37 Å². The molecule has 182 valence electrons. The smallest absolute Gasteiger partial charge is 0.308 e. The van der Waals surface area contributed by atoms with Crippen LogP contribution in [-0.2, 0) is 23.8 Å². The lowest BCUT2D eigenvalue weighted by Gasteiger charge is -2.28. The molecule has 3 rings (SSSR count). The summed E-state index contributed by atoms with van der Waals surface area (Å²) in [6.45, 7) is 8.06. The number of carbonyl (C=O) groups is 2. The highest BCUT2D eigenvalue weighted by Crippen LogP contribution is 2.44. The van der Waals surface area contributed by atoms with Crippen LogP contribution in [0.3, 0.4) is 0 Å². The van der Waals surface area contributed by atoms with Crippen LogP contribution in [0.1, 0.15) is 47.3 Å². The predicted octanol–water partition coefficient (Wildman–Crippen LogP) is 2.23. The fourth-order valence-electron chi connectivity index (χ4n) is 3.66. The standard InChI is InChI=1S/C21H31FN6O5/c1-10(2)7-13(29)33-15-12(8-31-18(30)11(3)4)32-19(21(15,5)22)28-9-25-14-16(24-6)26-20(23)27-17(14)28/h9-12,15,19H,7-8H2,1-6H3,(H3,23,24,26,27)/t12-,15-,19-,21-/m1/s1. The molecule has 1 aliphatic rings. The average molecular weight is 467 g/mol. The van der Waals surface area contributed by atoms with E-state index in [1.165, 1.54) is 17.8 Å². The number of aromatic nitrogens is 4. The minimum Gasteiger partial charge on any atom is -0.463 e. The maximum Gasteiger partial charge on any atom is 0.308 e. The zero-order valence-electron chi connectivity index (χ0n) is 19.7. The molecule has 0 radical (unpaired) electrons. The minimum atomic E-state index is -2.20. The van der Waals surface area contributed by atoms with E-state index in [0.29, 0.717) is 11.3 Å². The van der Waals surface area contributed by atoms with Crippen LogP contribution in [0.4, 0.5) is 16.2 Å². The van der Waals surface area contributed by atoms with Gasteiger partial charge in [0.25, 0.3) is 0 Å². The molecule has 0 aliphatic carbocycles. The van der Waals surface area contributed by atoms with Gasteiger partial charge in [-0.1, -0.05) is 27.7 Å². The molecule has 0 saturated carbocycles. The fourth-order valence-corrected chi connectivity index (χ4v) is 3.66. The van der Waals surface area contributed by atoms with Crippen molar-refractivity contribution in [2.75, 3.05) is 24.7 Å². The first-order chi connectivity index (χ1) is 15.4. The van der Waals surface area contributed by atoms with E-state index in [1.54, 1.807) is 20.9 Å². The van der Waals surface area contributed by atoms with Gasteiger partial charge in [-0.3, -0.25) is 14.2 Å². The summed E-state index contributed by atoms with van der Waals surface area (Å²) in [6.07, 6.45) is -2.17. The summed E-state index contributed by atoms with van der Waals surface area (Å²) in [5.74, 6) is -1.05. The van der Waals surface area contributed by atoms with Gasteiger partial charge in [-0.05, 0) is 12.8 Å². The number of nitrogens with one attached hydrogen (secondary N) is 1. The Morgan fingerprint density at radius 2 is 2.03 bits per heavy atom. The van der Waals surface area contributed by atoms with Crippen LogP contribution >= 0.6 is 0 Å². The summed E-state index contributed by atoms with van der Waals surface area (Å²) in [4.78, 5) is 36.9. The molecule has 0 amide bonds.